The lowest BCUT2D eigenvalue weighted by atomic mass is 9.95. The number of carbonyl (C=O) groups is 2. The number of methoxy groups -OCH3 is 1. The summed E-state index contributed by atoms with van der Waals surface area (Å²) in [6.45, 7) is 5.39. The molecule has 1 heterocycles. The third-order valence-electron chi connectivity index (χ3n) is 6.89. The molecule has 7 heteroatoms. The molecular formula is C33H37NO6. The molecule has 3 aromatic rings. The fraction of sp³-hybridized carbons (Fsp3) is 0.333. The minimum absolute atomic E-state index is 0.0502. The Kier molecular flexibility index (Phi) is 9.84. The van der Waals surface area contributed by atoms with E-state index in [1.807, 2.05) is 37.3 Å². The number of ketones is 1. The van der Waals surface area contributed by atoms with Gasteiger partial charge in [0.1, 0.15) is 18.1 Å². The zero-order chi connectivity index (χ0) is 28.5. The van der Waals surface area contributed by atoms with E-state index in [1.54, 1.807) is 49.6 Å². The van der Waals surface area contributed by atoms with Crippen LogP contribution in [-0.4, -0.2) is 42.0 Å². The summed E-state index contributed by atoms with van der Waals surface area (Å²) in [5, 5.41) is 11.4. The third kappa shape index (κ3) is 6.47. The van der Waals surface area contributed by atoms with Gasteiger partial charge in [-0.3, -0.25) is 9.59 Å². The first-order chi connectivity index (χ1) is 19.5. The van der Waals surface area contributed by atoms with Gasteiger partial charge in [-0.15, -0.1) is 0 Å². The van der Waals surface area contributed by atoms with Gasteiger partial charge >= 0.3 is 0 Å². The minimum atomic E-state index is -0.769. The lowest BCUT2D eigenvalue weighted by Gasteiger charge is -2.25. The summed E-state index contributed by atoms with van der Waals surface area (Å²) < 4.78 is 17.4. The molecule has 3 aromatic carbocycles. The molecule has 4 rings (SSSR count). The first-order valence-electron chi connectivity index (χ1n) is 13.8. The van der Waals surface area contributed by atoms with E-state index < -0.39 is 17.7 Å². The zero-order valence-corrected chi connectivity index (χ0v) is 23.4. The van der Waals surface area contributed by atoms with Crippen LogP contribution in [0, 0.1) is 0 Å². The van der Waals surface area contributed by atoms with Crippen LogP contribution in [-0.2, 0) is 16.2 Å². The molecule has 0 bridgehead atoms. The molecule has 7 nitrogen and oxygen atoms in total. The Hall–Kier alpha value is -4.26. The number of Topliss-reactive ketones (excluding diaryl/α,β-unsaturated/α-hetero) is 1. The van der Waals surface area contributed by atoms with Crippen LogP contribution in [0.3, 0.4) is 0 Å². The topological polar surface area (TPSA) is 85.3 Å². The Bertz CT molecular complexity index is 1330. The van der Waals surface area contributed by atoms with Gasteiger partial charge < -0.3 is 24.2 Å². The van der Waals surface area contributed by atoms with E-state index in [0.29, 0.717) is 54.6 Å². The molecule has 1 amide bonds. The lowest BCUT2D eigenvalue weighted by molar-refractivity contribution is -0.139. The van der Waals surface area contributed by atoms with Crippen LogP contribution in [0.4, 0.5) is 0 Å². The van der Waals surface area contributed by atoms with Gasteiger partial charge in [-0.2, -0.15) is 0 Å². The SMILES string of the molecule is CCCCCOc1ccc(/C(O)=C2/C(=O)C(=O)N(CCC)C2c2ccc(OC)c(OCc3ccccc3)c2)cc1. The highest BCUT2D eigenvalue weighted by Crippen LogP contribution is 2.42. The van der Waals surface area contributed by atoms with E-state index in [2.05, 4.69) is 6.92 Å². The molecule has 1 aliphatic heterocycles. The van der Waals surface area contributed by atoms with Crippen molar-refractivity contribution in [3.63, 3.8) is 0 Å². The van der Waals surface area contributed by atoms with Crippen molar-refractivity contribution in [1.29, 1.82) is 0 Å². The van der Waals surface area contributed by atoms with E-state index >= 15 is 0 Å². The number of hydrogen-bond acceptors (Lipinski definition) is 6. The predicted octanol–water partition coefficient (Wildman–Crippen LogP) is 6.67. The van der Waals surface area contributed by atoms with Gasteiger partial charge in [0.05, 0.1) is 25.3 Å². The highest BCUT2D eigenvalue weighted by molar-refractivity contribution is 6.46. The van der Waals surface area contributed by atoms with Crippen molar-refractivity contribution in [2.75, 3.05) is 20.3 Å². The van der Waals surface area contributed by atoms with Crippen molar-refractivity contribution in [3.8, 4) is 17.2 Å². The second-order valence-corrected chi connectivity index (χ2v) is 9.76. The molecule has 210 valence electrons. The monoisotopic (exact) mass is 543 g/mol. The van der Waals surface area contributed by atoms with Crippen LogP contribution < -0.4 is 14.2 Å². The average molecular weight is 544 g/mol. The summed E-state index contributed by atoms with van der Waals surface area (Å²) in [4.78, 5) is 27.9. The van der Waals surface area contributed by atoms with Crippen molar-refractivity contribution in [1.82, 2.24) is 4.90 Å². The molecule has 1 fully saturated rings. The Labute approximate surface area is 236 Å². The van der Waals surface area contributed by atoms with Crippen LogP contribution in [0.1, 0.15) is 62.3 Å². The van der Waals surface area contributed by atoms with Crippen molar-refractivity contribution < 1.29 is 28.9 Å². The van der Waals surface area contributed by atoms with Crippen LogP contribution in [0.25, 0.3) is 5.76 Å². The Morgan fingerprint density at radius 3 is 2.30 bits per heavy atom. The Morgan fingerprint density at radius 2 is 1.62 bits per heavy atom. The quantitative estimate of drug-likeness (QED) is 0.112. The fourth-order valence-corrected chi connectivity index (χ4v) is 4.82. The van der Waals surface area contributed by atoms with Gasteiger partial charge in [0.2, 0.25) is 0 Å². The molecule has 1 aliphatic rings. The molecule has 0 radical (unpaired) electrons. The second-order valence-electron chi connectivity index (χ2n) is 9.76. The van der Waals surface area contributed by atoms with Gasteiger partial charge in [-0.25, -0.2) is 0 Å². The summed E-state index contributed by atoms with van der Waals surface area (Å²) in [5.41, 5.74) is 2.13. The Balaban J connectivity index is 1.68. The van der Waals surface area contributed by atoms with Crippen LogP contribution >= 0.6 is 0 Å². The second kappa shape index (κ2) is 13.7. The number of likely N-dealkylation sites (tertiary alicyclic amines) is 1. The molecule has 0 aromatic heterocycles. The van der Waals surface area contributed by atoms with E-state index in [0.717, 1.165) is 24.8 Å². The van der Waals surface area contributed by atoms with Gasteiger partial charge in [-0.1, -0.05) is 63.1 Å². The molecule has 1 atom stereocenters. The predicted molar refractivity (Wildman–Crippen MR) is 155 cm³/mol. The van der Waals surface area contributed by atoms with Gasteiger partial charge in [0, 0.05) is 12.1 Å². The van der Waals surface area contributed by atoms with Crippen molar-refractivity contribution in [3.05, 3.63) is 95.1 Å². The number of unbranched alkanes of at least 4 members (excludes halogenated alkanes) is 2. The number of aliphatic hydroxyl groups is 1. The summed E-state index contributed by atoms with van der Waals surface area (Å²) in [6.07, 6.45) is 3.84. The van der Waals surface area contributed by atoms with Crippen molar-refractivity contribution in [2.24, 2.45) is 0 Å². The zero-order valence-electron chi connectivity index (χ0n) is 23.4. The van der Waals surface area contributed by atoms with Gasteiger partial charge in [0.15, 0.2) is 11.5 Å². The molecule has 1 unspecified atom stereocenters. The summed E-state index contributed by atoms with van der Waals surface area (Å²) in [5.74, 6) is 0.135. The van der Waals surface area contributed by atoms with E-state index in [1.165, 1.54) is 4.90 Å². The van der Waals surface area contributed by atoms with E-state index in [4.69, 9.17) is 14.2 Å². The van der Waals surface area contributed by atoms with E-state index in [9.17, 15) is 14.7 Å². The van der Waals surface area contributed by atoms with Crippen molar-refractivity contribution >= 4 is 17.4 Å². The van der Waals surface area contributed by atoms with Gasteiger partial charge in [-0.05, 0) is 60.4 Å². The summed E-state index contributed by atoms with van der Waals surface area (Å²) in [7, 11) is 1.56. The molecule has 40 heavy (non-hydrogen) atoms. The largest absolute Gasteiger partial charge is 0.507 e. The van der Waals surface area contributed by atoms with Crippen LogP contribution in [0.2, 0.25) is 0 Å². The number of hydrogen-bond donors (Lipinski definition) is 1. The smallest absolute Gasteiger partial charge is 0.295 e. The third-order valence-corrected chi connectivity index (χ3v) is 6.89. The highest BCUT2D eigenvalue weighted by atomic mass is 16.5. The van der Waals surface area contributed by atoms with Crippen LogP contribution in [0.5, 0.6) is 17.2 Å². The number of carbonyl (C=O) groups excluding carboxylic acids is 2. The fourth-order valence-electron chi connectivity index (χ4n) is 4.82. The van der Waals surface area contributed by atoms with Crippen LogP contribution in [0.15, 0.2) is 78.4 Å². The number of nitrogens with zero attached hydrogens (tertiary/aromatic N) is 1. The van der Waals surface area contributed by atoms with E-state index in [-0.39, 0.29) is 11.3 Å². The summed E-state index contributed by atoms with van der Waals surface area (Å²) >= 11 is 0. The average Bonchev–Trinajstić information content (AvgIpc) is 3.24. The van der Waals surface area contributed by atoms with Gasteiger partial charge in [0.25, 0.3) is 11.7 Å². The molecule has 0 saturated carbocycles. The number of amides is 1. The maximum Gasteiger partial charge on any atom is 0.295 e. The summed E-state index contributed by atoms with van der Waals surface area (Å²) in [6, 6.07) is 21.3. The van der Waals surface area contributed by atoms with Crippen molar-refractivity contribution in [2.45, 2.75) is 52.2 Å². The first kappa shape index (κ1) is 28.7. The number of ether oxygens (including phenoxy) is 3. The Morgan fingerprint density at radius 1 is 0.875 bits per heavy atom. The molecule has 0 aliphatic carbocycles. The molecule has 1 N–H and O–H groups in total. The molecule has 1 saturated heterocycles. The minimum Gasteiger partial charge on any atom is -0.507 e. The number of aliphatic hydroxyl groups excluding tert-OH is 1. The number of benzene rings is 3. The maximum atomic E-state index is 13.3. The normalized spacial score (nSPS) is 16.3. The molecular weight excluding hydrogens is 506 g/mol. The standard InChI is InChI=1S/C33H37NO6/c1-4-6-10-20-39-26-16-13-24(14-17-26)31(35)29-30(34(19-5-2)33(37)32(29)36)25-15-18-27(38-3)28(21-25)40-22-23-11-8-7-9-12-23/h7-9,11-18,21,30,35H,4-6,10,19-20,22H2,1-3H3/b31-29-. The maximum absolute atomic E-state index is 13.3. The molecule has 0 spiro atoms. The number of rotatable bonds is 13. The lowest BCUT2D eigenvalue weighted by Crippen LogP contribution is -2.30. The highest BCUT2D eigenvalue weighted by Gasteiger charge is 2.45. The first-order valence-corrected chi connectivity index (χ1v) is 13.8.